The molecule has 1 aromatic carbocycles. The van der Waals surface area contributed by atoms with Crippen molar-refractivity contribution in [1.82, 2.24) is 14.7 Å². The second-order valence-corrected chi connectivity index (χ2v) is 8.21. The van der Waals surface area contributed by atoms with E-state index >= 15 is 0 Å². The Labute approximate surface area is 175 Å². The largest absolute Gasteiger partial charge is 0.459 e. The first-order chi connectivity index (χ1) is 14.2. The van der Waals surface area contributed by atoms with Crippen LogP contribution in [0.1, 0.15) is 16.1 Å². The maximum absolute atomic E-state index is 13.0. The van der Waals surface area contributed by atoms with Crippen molar-refractivity contribution in [2.75, 3.05) is 44.4 Å². The van der Waals surface area contributed by atoms with Gasteiger partial charge in [-0.3, -0.25) is 14.5 Å². The van der Waals surface area contributed by atoms with Crippen LogP contribution >= 0.6 is 11.8 Å². The van der Waals surface area contributed by atoms with Crippen LogP contribution in [0.25, 0.3) is 6.08 Å². The highest BCUT2D eigenvalue weighted by Crippen LogP contribution is 2.25. The van der Waals surface area contributed by atoms with E-state index in [1.807, 2.05) is 23.1 Å². The van der Waals surface area contributed by atoms with Crippen LogP contribution in [0.3, 0.4) is 0 Å². The highest BCUT2D eigenvalue weighted by atomic mass is 32.2. The van der Waals surface area contributed by atoms with E-state index in [1.54, 1.807) is 28.8 Å². The third-order valence-electron chi connectivity index (χ3n) is 5.32. The Hall–Kier alpha value is -2.51. The van der Waals surface area contributed by atoms with Crippen molar-refractivity contribution < 1.29 is 14.0 Å². The number of carbonyl (C=O) groups excluding carboxylic acids is 2. The van der Waals surface area contributed by atoms with E-state index in [4.69, 9.17) is 4.42 Å². The molecule has 1 atom stereocenters. The normalized spacial score (nSPS) is 20.5. The molecule has 2 fully saturated rings. The third kappa shape index (κ3) is 4.74. The fourth-order valence-electron chi connectivity index (χ4n) is 3.65. The zero-order chi connectivity index (χ0) is 20.1. The van der Waals surface area contributed by atoms with E-state index in [0.717, 1.165) is 19.6 Å². The van der Waals surface area contributed by atoms with Crippen molar-refractivity contribution in [1.29, 1.82) is 0 Å². The smallest absolute Gasteiger partial charge is 0.290 e. The molecule has 1 aromatic heterocycles. The molecule has 152 valence electrons. The Morgan fingerprint density at radius 1 is 1.07 bits per heavy atom. The van der Waals surface area contributed by atoms with Gasteiger partial charge in [-0.15, -0.1) is 11.8 Å². The predicted octanol–water partition coefficient (Wildman–Crippen LogP) is 2.65. The molecule has 0 aliphatic carbocycles. The summed E-state index contributed by atoms with van der Waals surface area (Å²) in [6.45, 7) is 3.96. The minimum absolute atomic E-state index is 0.0504. The Morgan fingerprint density at radius 2 is 1.86 bits per heavy atom. The lowest BCUT2D eigenvalue weighted by atomic mass is 10.2. The monoisotopic (exact) mass is 411 g/mol. The minimum Gasteiger partial charge on any atom is -0.459 e. The molecule has 0 N–H and O–H groups in total. The van der Waals surface area contributed by atoms with E-state index < -0.39 is 6.04 Å². The van der Waals surface area contributed by atoms with Crippen molar-refractivity contribution in [2.24, 2.45) is 0 Å². The molecular formula is C22H25N3O3S. The standard InChI is InChI=1S/C22H25N3O3S/c26-21(19-16-29-17-25(19)22(27)20-9-5-15-28-20)24-13-11-23(12-14-24)10-4-8-18-6-2-1-3-7-18/h1-9,15,19H,10-14,16-17H2/b8-4+. The van der Waals surface area contributed by atoms with Gasteiger partial charge in [0.25, 0.3) is 5.91 Å². The van der Waals surface area contributed by atoms with Crippen molar-refractivity contribution >= 4 is 29.7 Å². The molecule has 2 aliphatic rings. The number of benzene rings is 1. The molecule has 3 heterocycles. The molecule has 0 spiro atoms. The van der Waals surface area contributed by atoms with E-state index in [-0.39, 0.29) is 11.8 Å². The summed E-state index contributed by atoms with van der Waals surface area (Å²) < 4.78 is 5.23. The van der Waals surface area contributed by atoms with Gasteiger partial charge in [0, 0.05) is 38.5 Å². The minimum atomic E-state index is -0.401. The molecule has 2 aliphatic heterocycles. The van der Waals surface area contributed by atoms with Crippen LogP contribution in [0.5, 0.6) is 0 Å². The summed E-state index contributed by atoms with van der Waals surface area (Å²) in [4.78, 5) is 31.6. The van der Waals surface area contributed by atoms with Gasteiger partial charge >= 0.3 is 0 Å². The Balaban J connectivity index is 1.28. The molecule has 7 heteroatoms. The van der Waals surface area contributed by atoms with Gasteiger partial charge in [-0.1, -0.05) is 42.5 Å². The van der Waals surface area contributed by atoms with Gasteiger partial charge in [0.15, 0.2) is 5.76 Å². The zero-order valence-corrected chi connectivity index (χ0v) is 17.1. The summed E-state index contributed by atoms with van der Waals surface area (Å²) in [6.07, 6.45) is 5.79. The molecule has 1 unspecified atom stereocenters. The maximum Gasteiger partial charge on any atom is 0.290 e. The Morgan fingerprint density at radius 3 is 2.59 bits per heavy atom. The summed E-state index contributed by atoms with van der Waals surface area (Å²) in [5, 5.41) is 0. The highest BCUT2D eigenvalue weighted by molar-refractivity contribution is 7.99. The second-order valence-electron chi connectivity index (χ2n) is 7.21. The lowest BCUT2D eigenvalue weighted by molar-refractivity contribution is -0.136. The topological polar surface area (TPSA) is 57.0 Å². The lowest BCUT2D eigenvalue weighted by Gasteiger charge is -2.36. The molecule has 0 saturated carbocycles. The number of hydrogen-bond acceptors (Lipinski definition) is 5. The molecule has 0 radical (unpaired) electrons. The van der Waals surface area contributed by atoms with Gasteiger partial charge in [0.2, 0.25) is 5.91 Å². The molecule has 29 heavy (non-hydrogen) atoms. The number of hydrogen-bond donors (Lipinski definition) is 0. The summed E-state index contributed by atoms with van der Waals surface area (Å²) in [7, 11) is 0. The molecule has 0 bridgehead atoms. The summed E-state index contributed by atoms with van der Waals surface area (Å²) in [5.41, 5.74) is 1.20. The van der Waals surface area contributed by atoms with E-state index in [1.165, 1.54) is 11.8 Å². The number of piperazine rings is 1. The number of furan rings is 1. The van der Waals surface area contributed by atoms with Crippen LogP contribution in [0.4, 0.5) is 0 Å². The van der Waals surface area contributed by atoms with Gasteiger partial charge in [-0.2, -0.15) is 0 Å². The first-order valence-corrected chi connectivity index (χ1v) is 11.0. The van der Waals surface area contributed by atoms with Gasteiger partial charge in [0.05, 0.1) is 12.1 Å². The summed E-state index contributed by atoms with van der Waals surface area (Å²) in [5.74, 6) is 1.31. The Kier molecular flexibility index (Phi) is 6.36. The van der Waals surface area contributed by atoms with Gasteiger partial charge in [-0.25, -0.2) is 0 Å². The van der Waals surface area contributed by atoms with Crippen LogP contribution in [0.2, 0.25) is 0 Å². The van der Waals surface area contributed by atoms with Gasteiger partial charge < -0.3 is 14.2 Å². The summed E-state index contributed by atoms with van der Waals surface area (Å²) >= 11 is 1.61. The zero-order valence-electron chi connectivity index (χ0n) is 16.3. The van der Waals surface area contributed by atoms with E-state index in [0.29, 0.717) is 30.5 Å². The molecule has 2 aromatic rings. The van der Waals surface area contributed by atoms with Crippen LogP contribution < -0.4 is 0 Å². The molecule has 2 amide bonds. The van der Waals surface area contributed by atoms with Crippen molar-refractivity contribution in [3.05, 3.63) is 66.1 Å². The number of rotatable bonds is 5. The predicted molar refractivity (Wildman–Crippen MR) is 114 cm³/mol. The van der Waals surface area contributed by atoms with Crippen molar-refractivity contribution in [3.8, 4) is 0 Å². The SMILES string of the molecule is O=C(C1CSCN1C(=O)c1ccco1)N1CCN(C/C=C/c2ccccc2)CC1. The third-order valence-corrected chi connectivity index (χ3v) is 6.33. The second kappa shape index (κ2) is 9.33. The average Bonchev–Trinajstić information content (AvgIpc) is 3.46. The number of carbonyl (C=O) groups is 2. The molecule has 4 rings (SSSR count). The average molecular weight is 412 g/mol. The van der Waals surface area contributed by atoms with Crippen molar-refractivity contribution in [3.63, 3.8) is 0 Å². The maximum atomic E-state index is 13.0. The number of nitrogens with zero attached hydrogens (tertiary/aromatic N) is 3. The van der Waals surface area contributed by atoms with Crippen LogP contribution in [-0.4, -0.2) is 76.9 Å². The molecular weight excluding hydrogens is 386 g/mol. The van der Waals surface area contributed by atoms with E-state index in [9.17, 15) is 9.59 Å². The van der Waals surface area contributed by atoms with Crippen LogP contribution in [-0.2, 0) is 4.79 Å². The molecule has 6 nitrogen and oxygen atoms in total. The van der Waals surface area contributed by atoms with Gasteiger partial charge in [-0.05, 0) is 17.7 Å². The van der Waals surface area contributed by atoms with Crippen molar-refractivity contribution in [2.45, 2.75) is 6.04 Å². The van der Waals surface area contributed by atoms with E-state index in [2.05, 4.69) is 29.2 Å². The van der Waals surface area contributed by atoms with Crippen LogP contribution in [0, 0.1) is 0 Å². The fourth-order valence-corrected chi connectivity index (χ4v) is 4.80. The Bertz CT molecular complexity index is 845. The number of thioether (sulfide) groups is 1. The fraction of sp³-hybridized carbons (Fsp3) is 0.364. The van der Waals surface area contributed by atoms with Crippen LogP contribution in [0.15, 0.2) is 59.2 Å². The number of amides is 2. The molecule has 2 saturated heterocycles. The first-order valence-electron chi connectivity index (χ1n) is 9.87. The lowest BCUT2D eigenvalue weighted by Crippen LogP contribution is -2.55. The first kappa shape index (κ1) is 19.8. The van der Waals surface area contributed by atoms with Gasteiger partial charge in [0.1, 0.15) is 6.04 Å². The highest BCUT2D eigenvalue weighted by Gasteiger charge is 2.38. The quantitative estimate of drug-likeness (QED) is 0.757. The summed E-state index contributed by atoms with van der Waals surface area (Å²) in [6, 6.07) is 13.2.